The van der Waals surface area contributed by atoms with Gasteiger partial charge in [-0.15, -0.1) is 11.8 Å². The van der Waals surface area contributed by atoms with E-state index in [-0.39, 0.29) is 17.4 Å². The minimum Gasteiger partial charge on any atom is -0.462 e. The van der Waals surface area contributed by atoms with Crippen LogP contribution < -0.4 is 5.32 Å². The van der Waals surface area contributed by atoms with Crippen molar-refractivity contribution in [2.45, 2.75) is 61.8 Å². The zero-order valence-corrected chi connectivity index (χ0v) is 19.8. The predicted molar refractivity (Wildman–Crippen MR) is 129 cm³/mol. The van der Waals surface area contributed by atoms with E-state index in [1.54, 1.807) is 12.3 Å². The highest BCUT2D eigenvalue weighted by molar-refractivity contribution is 8.00. The van der Waals surface area contributed by atoms with E-state index in [0.717, 1.165) is 60.3 Å². The fraction of sp³-hybridized carbons (Fsp3) is 0.519. The average molecular weight is 465 g/mol. The van der Waals surface area contributed by atoms with Crippen LogP contribution in [0.15, 0.2) is 53.7 Å². The molecular formula is C27H32N2O3S. The molecule has 2 aromatic rings. The summed E-state index contributed by atoms with van der Waals surface area (Å²) in [5.74, 6) is 2.49. The first-order valence-corrected chi connectivity index (χ1v) is 13.2. The molecule has 6 heteroatoms. The number of ether oxygens (including phenoxy) is 1. The van der Waals surface area contributed by atoms with Crippen LogP contribution in [0.3, 0.4) is 0 Å². The minimum atomic E-state index is -0.328. The number of rotatable bonds is 9. The van der Waals surface area contributed by atoms with E-state index >= 15 is 0 Å². The Morgan fingerprint density at radius 1 is 1.03 bits per heavy atom. The first kappa shape index (κ1) is 22.5. The second-order valence-electron chi connectivity index (χ2n) is 10.1. The maximum absolute atomic E-state index is 12.9. The highest BCUT2D eigenvalue weighted by Crippen LogP contribution is 2.55. The van der Waals surface area contributed by atoms with Gasteiger partial charge in [0.1, 0.15) is 0 Å². The van der Waals surface area contributed by atoms with E-state index in [9.17, 15) is 9.59 Å². The number of nitrogens with one attached hydrogen (secondary N) is 1. The Morgan fingerprint density at radius 2 is 1.76 bits per heavy atom. The third-order valence-electron chi connectivity index (χ3n) is 7.47. The number of carbonyl (C=O) groups is 2. The van der Waals surface area contributed by atoms with Crippen LogP contribution >= 0.6 is 11.8 Å². The van der Waals surface area contributed by atoms with Crippen molar-refractivity contribution in [3.05, 3.63) is 59.9 Å². The van der Waals surface area contributed by atoms with Crippen molar-refractivity contribution in [3.63, 3.8) is 0 Å². The Labute approximate surface area is 200 Å². The quantitative estimate of drug-likeness (QED) is 0.320. The zero-order valence-electron chi connectivity index (χ0n) is 19.0. The second-order valence-corrected chi connectivity index (χ2v) is 11.1. The van der Waals surface area contributed by atoms with E-state index in [1.807, 2.05) is 36.5 Å². The van der Waals surface area contributed by atoms with Gasteiger partial charge in [0.15, 0.2) is 0 Å². The molecule has 0 atom stereocenters. The summed E-state index contributed by atoms with van der Waals surface area (Å²) in [6.07, 6.45) is 12.7. The molecule has 1 heterocycles. The van der Waals surface area contributed by atoms with Gasteiger partial charge in [-0.2, -0.15) is 0 Å². The fourth-order valence-electron chi connectivity index (χ4n) is 6.56. The Kier molecular flexibility index (Phi) is 6.72. The lowest BCUT2D eigenvalue weighted by molar-refractivity contribution is -0.124. The van der Waals surface area contributed by atoms with Crippen molar-refractivity contribution in [2.24, 2.45) is 17.8 Å². The second kappa shape index (κ2) is 9.88. The van der Waals surface area contributed by atoms with E-state index < -0.39 is 0 Å². The molecule has 0 unspecified atom stereocenters. The predicted octanol–water partition coefficient (Wildman–Crippen LogP) is 5.05. The summed E-state index contributed by atoms with van der Waals surface area (Å²) in [6.45, 7) is 0.360. The molecular weight excluding hydrogens is 432 g/mol. The molecule has 33 heavy (non-hydrogen) atoms. The van der Waals surface area contributed by atoms with Gasteiger partial charge < -0.3 is 10.1 Å². The standard InChI is InChI=1S/C27H32N2O3S/c30-25(29-27-14-20-11-21(15-27)13-22(12-20)16-27)18-33-24-8-2-1-7-23(24)26(31)32-10-4-6-19-5-3-9-28-17-19/h1-3,5,7-9,17,20-22H,4,6,10-16,18H2,(H,29,30). The van der Waals surface area contributed by atoms with Crippen LogP contribution in [0.4, 0.5) is 0 Å². The van der Waals surface area contributed by atoms with Gasteiger partial charge in [0.05, 0.1) is 17.9 Å². The number of aryl methyl sites for hydroxylation is 1. The molecule has 1 amide bonds. The number of esters is 1. The number of benzene rings is 1. The Balaban J connectivity index is 1.11. The summed E-state index contributed by atoms with van der Waals surface area (Å²) in [5.41, 5.74) is 1.69. The number of hydrogen-bond acceptors (Lipinski definition) is 5. The van der Waals surface area contributed by atoms with E-state index in [0.29, 0.717) is 17.9 Å². The molecule has 4 fully saturated rings. The van der Waals surface area contributed by atoms with E-state index in [1.165, 1.54) is 31.0 Å². The van der Waals surface area contributed by atoms with Gasteiger partial charge in [-0.3, -0.25) is 9.78 Å². The van der Waals surface area contributed by atoms with Crippen LogP contribution in [0.25, 0.3) is 0 Å². The van der Waals surface area contributed by atoms with Gasteiger partial charge in [0, 0.05) is 22.8 Å². The van der Waals surface area contributed by atoms with Gasteiger partial charge in [0.2, 0.25) is 5.91 Å². The first-order valence-electron chi connectivity index (χ1n) is 12.2. The van der Waals surface area contributed by atoms with Crippen LogP contribution in [-0.4, -0.2) is 34.8 Å². The lowest BCUT2D eigenvalue weighted by Crippen LogP contribution is -2.60. The third kappa shape index (κ3) is 5.43. The van der Waals surface area contributed by atoms with Crippen LogP contribution in [-0.2, 0) is 16.0 Å². The number of nitrogens with zero attached hydrogens (tertiary/aromatic N) is 1. The largest absolute Gasteiger partial charge is 0.462 e. The smallest absolute Gasteiger partial charge is 0.339 e. The maximum Gasteiger partial charge on any atom is 0.339 e. The summed E-state index contributed by atoms with van der Waals surface area (Å²) in [5, 5.41) is 3.42. The molecule has 4 aliphatic carbocycles. The summed E-state index contributed by atoms with van der Waals surface area (Å²) < 4.78 is 5.52. The highest BCUT2D eigenvalue weighted by Gasteiger charge is 2.51. The molecule has 1 N–H and O–H groups in total. The van der Waals surface area contributed by atoms with Gasteiger partial charge in [-0.1, -0.05) is 18.2 Å². The average Bonchev–Trinajstić information content (AvgIpc) is 2.80. The number of aromatic nitrogens is 1. The van der Waals surface area contributed by atoms with Gasteiger partial charge in [-0.25, -0.2) is 4.79 Å². The first-order chi connectivity index (χ1) is 16.1. The Bertz CT molecular complexity index is 959. The number of amides is 1. The molecule has 174 valence electrons. The number of thioether (sulfide) groups is 1. The molecule has 5 nitrogen and oxygen atoms in total. The normalized spacial score (nSPS) is 27.3. The summed E-state index contributed by atoms with van der Waals surface area (Å²) in [6, 6.07) is 11.4. The number of carbonyl (C=O) groups excluding carboxylic acids is 2. The van der Waals surface area contributed by atoms with Crippen LogP contribution in [0.5, 0.6) is 0 Å². The van der Waals surface area contributed by atoms with Gasteiger partial charge in [0.25, 0.3) is 0 Å². The number of pyridine rings is 1. The van der Waals surface area contributed by atoms with E-state index in [2.05, 4.69) is 10.3 Å². The summed E-state index contributed by atoms with van der Waals surface area (Å²) in [7, 11) is 0. The van der Waals surface area contributed by atoms with Crippen molar-refractivity contribution in [3.8, 4) is 0 Å². The molecule has 0 saturated heterocycles. The molecule has 4 bridgehead atoms. The topological polar surface area (TPSA) is 68.3 Å². The summed E-state index contributed by atoms with van der Waals surface area (Å²) in [4.78, 5) is 30.5. The van der Waals surface area contributed by atoms with Crippen molar-refractivity contribution < 1.29 is 14.3 Å². The molecule has 4 aliphatic rings. The number of hydrogen-bond donors (Lipinski definition) is 1. The zero-order chi connectivity index (χ0) is 22.7. The van der Waals surface area contributed by atoms with Gasteiger partial charge >= 0.3 is 5.97 Å². The van der Waals surface area contributed by atoms with Crippen LogP contribution in [0, 0.1) is 17.8 Å². The molecule has 0 radical (unpaired) electrons. The molecule has 0 spiro atoms. The third-order valence-corrected chi connectivity index (χ3v) is 8.55. The van der Waals surface area contributed by atoms with Crippen molar-refractivity contribution in [2.75, 3.05) is 12.4 Å². The van der Waals surface area contributed by atoms with Crippen molar-refractivity contribution in [1.29, 1.82) is 0 Å². The minimum absolute atomic E-state index is 0.0269. The van der Waals surface area contributed by atoms with Crippen LogP contribution in [0.2, 0.25) is 0 Å². The van der Waals surface area contributed by atoms with Crippen molar-refractivity contribution in [1.82, 2.24) is 10.3 Å². The molecule has 4 saturated carbocycles. The Hall–Kier alpha value is -2.34. The maximum atomic E-state index is 12.9. The highest BCUT2D eigenvalue weighted by atomic mass is 32.2. The summed E-state index contributed by atoms with van der Waals surface area (Å²) >= 11 is 1.43. The molecule has 1 aromatic carbocycles. The Morgan fingerprint density at radius 3 is 2.45 bits per heavy atom. The van der Waals surface area contributed by atoms with Gasteiger partial charge in [-0.05, 0) is 92.9 Å². The molecule has 6 rings (SSSR count). The lowest BCUT2D eigenvalue weighted by Gasteiger charge is -2.56. The molecule has 0 aliphatic heterocycles. The monoisotopic (exact) mass is 464 g/mol. The fourth-order valence-corrected chi connectivity index (χ4v) is 7.41. The van der Waals surface area contributed by atoms with Crippen molar-refractivity contribution >= 4 is 23.6 Å². The lowest BCUT2D eigenvalue weighted by atomic mass is 9.53. The SMILES string of the molecule is O=C(CSc1ccccc1C(=O)OCCCc1cccnc1)NC12CC3CC(CC(C3)C1)C2. The van der Waals surface area contributed by atoms with Crippen LogP contribution in [0.1, 0.15) is 60.9 Å². The molecule has 1 aromatic heterocycles. The van der Waals surface area contributed by atoms with E-state index in [4.69, 9.17) is 4.74 Å².